The van der Waals surface area contributed by atoms with Crippen LogP contribution in [0.1, 0.15) is 5.56 Å². The second kappa shape index (κ2) is 2.37. The van der Waals surface area contributed by atoms with Gasteiger partial charge in [0.1, 0.15) is 0 Å². The first kappa shape index (κ1) is 5.92. The minimum atomic E-state index is 0.465. The molecule has 0 aliphatic heterocycles. The molecule has 0 radical (unpaired) electrons. The van der Waals surface area contributed by atoms with Crippen LogP contribution in [-0.2, 0) is 5.88 Å². The van der Waals surface area contributed by atoms with Crippen LogP contribution in [0.3, 0.4) is 0 Å². The normalized spacial score (nSPS) is 9.75. The van der Waals surface area contributed by atoms with E-state index in [4.69, 9.17) is 23.4 Å². The van der Waals surface area contributed by atoms with Gasteiger partial charge in [-0.05, 0) is 0 Å². The Morgan fingerprint density at radius 3 is 2.75 bits per heavy atom. The molecule has 0 aliphatic carbocycles. The van der Waals surface area contributed by atoms with Gasteiger partial charge in [0.25, 0.3) is 0 Å². The fourth-order valence-electron chi connectivity index (χ4n) is 0.402. The molecule has 0 unspecified atom stereocenters. The monoisotopic (exact) mass is 150 g/mol. The molecule has 2 nitrogen and oxygen atoms in total. The lowest BCUT2D eigenvalue weighted by Crippen LogP contribution is -1.74. The van der Waals surface area contributed by atoms with Gasteiger partial charge in [-0.15, -0.1) is 11.6 Å². The predicted octanol–water partition coefficient (Wildman–Crippen LogP) is 1.62. The maximum Gasteiger partial charge on any atom is 0.0549 e. The summed E-state index contributed by atoms with van der Waals surface area (Å²) < 4.78 is 1.21. The molecule has 0 atom stereocenters. The van der Waals surface area contributed by atoms with Crippen LogP contribution in [0.2, 0.25) is 0 Å². The van der Waals surface area contributed by atoms with Crippen LogP contribution in [0, 0.1) is 0 Å². The van der Waals surface area contributed by atoms with Gasteiger partial charge in [0.15, 0.2) is 0 Å². The Bertz CT molecular complexity index is 172. The van der Waals surface area contributed by atoms with Gasteiger partial charge in [-0.2, -0.15) is 9.30 Å². The third kappa shape index (κ3) is 1.14. The van der Waals surface area contributed by atoms with Crippen molar-refractivity contribution in [2.24, 2.45) is 0 Å². The maximum absolute atomic E-state index is 5.43. The maximum atomic E-state index is 5.43. The van der Waals surface area contributed by atoms with E-state index >= 15 is 0 Å². The van der Waals surface area contributed by atoms with Crippen molar-refractivity contribution in [3.63, 3.8) is 0 Å². The molecule has 4 heteroatoms. The highest BCUT2D eigenvalue weighted by molar-refractivity contribution is 6.17. The summed E-state index contributed by atoms with van der Waals surface area (Å²) >= 11 is 10.8. The second-order valence-corrected chi connectivity index (χ2v) is 1.98. The first-order valence-corrected chi connectivity index (χ1v) is 2.96. The lowest BCUT2D eigenvalue weighted by molar-refractivity contribution is 0.993. The van der Waals surface area contributed by atoms with Crippen molar-refractivity contribution in [2.45, 2.75) is 5.88 Å². The van der Waals surface area contributed by atoms with Gasteiger partial charge in [0.2, 0.25) is 0 Å². The number of hydrogen-bond acceptors (Lipinski definition) is 1. The molecular formula is C4H4Cl2N2. The molecule has 0 spiro atoms. The van der Waals surface area contributed by atoms with E-state index in [1.807, 2.05) is 0 Å². The number of hydrogen-bond donors (Lipinski definition) is 0. The van der Waals surface area contributed by atoms with Crippen LogP contribution in [0.25, 0.3) is 0 Å². The molecule has 1 rings (SSSR count). The minimum absolute atomic E-state index is 0.465. The standard InChI is InChI=1S/C4H4Cl2N2/c5-1-4-2-7-8(6)3-4/h2-3H,1H2. The molecule has 1 aromatic heterocycles. The number of aromatic nitrogens is 2. The van der Waals surface area contributed by atoms with Crippen LogP contribution in [0.5, 0.6) is 0 Å². The zero-order valence-electron chi connectivity index (χ0n) is 4.01. The average Bonchev–Trinajstić information content (AvgIpc) is 2.14. The number of alkyl halides is 1. The van der Waals surface area contributed by atoms with Crippen molar-refractivity contribution in [1.29, 1.82) is 0 Å². The molecular weight excluding hydrogens is 147 g/mol. The van der Waals surface area contributed by atoms with E-state index in [2.05, 4.69) is 5.10 Å². The van der Waals surface area contributed by atoms with Crippen molar-refractivity contribution in [1.82, 2.24) is 9.30 Å². The van der Waals surface area contributed by atoms with Gasteiger partial charge in [0.05, 0.1) is 12.1 Å². The second-order valence-electron chi connectivity index (χ2n) is 1.37. The van der Waals surface area contributed by atoms with Crippen molar-refractivity contribution < 1.29 is 0 Å². The van der Waals surface area contributed by atoms with E-state index in [-0.39, 0.29) is 0 Å². The molecule has 1 heterocycles. The summed E-state index contributed by atoms with van der Waals surface area (Å²) in [5.74, 6) is 0.465. The fourth-order valence-corrected chi connectivity index (χ4v) is 0.709. The zero-order chi connectivity index (χ0) is 5.98. The first-order chi connectivity index (χ1) is 3.83. The number of halogens is 2. The van der Waals surface area contributed by atoms with Crippen molar-refractivity contribution in [3.05, 3.63) is 18.0 Å². The van der Waals surface area contributed by atoms with Crippen LogP contribution >= 0.6 is 23.4 Å². The molecule has 0 saturated carbocycles. The SMILES string of the molecule is ClCc1cnn(Cl)c1. The Morgan fingerprint density at radius 1 is 1.75 bits per heavy atom. The van der Waals surface area contributed by atoms with E-state index in [9.17, 15) is 0 Å². The third-order valence-electron chi connectivity index (χ3n) is 0.761. The van der Waals surface area contributed by atoms with Gasteiger partial charge in [0, 0.05) is 23.5 Å². The van der Waals surface area contributed by atoms with Gasteiger partial charge < -0.3 is 0 Å². The Hall–Kier alpha value is -0.210. The molecule has 44 valence electrons. The number of rotatable bonds is 1. The summed E-state index contributed by atoms with van der Waals surface area (Å²) in [6.45, 7) is 0. The van der Waals surface area contributed by atoms with E-state index in [1.165, 1.54) is 4.20 Å². The van der Waals surface area contributed by atoms with Crippen molar-refractivity contribution >= 4 is 23.4 Å². The quantitative estimate of drug-likeness (QED) is 0.557. The van der Waals surface area contributed by atoms with Crippen LogP contribution < -0.4 is 0 Å². The van der Waals surface area contributed by atoms with Gasteiger partial charge in [-0.25, -0.2) is 0 Å². The molecule has 0 aromatic carbocycles. The topological polar surface area (TPSA) is 17.8 Å². The van der Waals surface area contributed by atoms with Gasteiger partial charge in [-0.3, -0.25) is 0 Å². The summed E-state index contributed by atoms with van der Waals surface area (Å²) in [5.41, 5.74) is 0.932. The Morgan fingerprint density at radius 2 is 2.50 bits per heavy atom. The first-order valence-electron chi connectivity index (χ1n) is 2.08. The fraction of sp³-hybridized carbons (Fsp3) is 0.250. The van der Waals surface area contributed by atoms with Crippen LogP contribution in [0.4, 0.5) is 0 Å². The third-order valence-corrected chi connectivity index (χ3v) is 1.25. The molecule has 0 bridgehead atoms. The summed E-state index contributed by atoms with van der Waals surface area (Å²) in [6.07, 6.45) is 3.29. The van der Waals surface area contributed by atoms with E-state index in [1.54, 1.807) is 12.4 Å². The van der Waals surface area contributed by atoms with E-state index in [0.29, 0.717) is 5.88 Å². The molecule has 0 N–H and O–H groups in total. The molecule has 0 saturated heterocycles. The smallest absolute Gasteiger partial charge is 0.0549 e. The lowest BCUT2D eigenvalue weighted by atomic mass is 10.4. The predicted molar refractivity (Wildman–Crippen MR) is 33.0 cm³/mol. The molecule has 1 aromatic rings. The molecule has 0 aliphatic rings. The van der Waals surface area contributed by atoms with E-state index < -0.39 is 0 Å². The highest BCUT2D eigenvalue weighted by Gasteiger charge is 1.90. The molecule has 8 heavy (non-hydrogen) atoms. The summed E-state index contributed by atoms with van der Waals surface area (Å²) in [7, 11) is 0. The van der Waals surface area contributed by atoms with E-state index in [0.717, 1.165) is 5.56 Å². The Kier molecular flexibility index (Phi) is 1.76. The summed E-state index contributed by atoms with van der Waals surface area (Å²) in [4.78, 5) is 0. The number of nitrogens with zero attached hydrogens (tertiary/aromatic N) is 2. The average molecular weight is 151 g/mol. The highest BCUT2D eigenvalue weighted by atomic mass is 35.5. The lowest BCUT2D eigenvalue weighted by Gasteiger charge is -1.77. The summed E-state index contributed by atoms with van der Waals surface area (Å²) in [6, 6.07) is 0. The Balaban J connectivity index is 2.84. The minimum Gasteiger partial charge on any atom is -0.180 e. The zero-order valence-corrected chi connectivity index (χ0v) is 5.52. The van der Waals surface area contributed by atoms with Crippen molar-refractivity contribution in [2.75, 3.05) is 0 Å². The van der Waals surface area contributed by atoms with Crippen LogP contribution in [0.15, 0.2) is 12.4 Å². The highest BCUT2D eigenvalue weighted by Crippen LogP contribution is 2.01. The molecule has 0 amide bonds. The Labute approximate surface area is 57.1 Å². The summed E-state index contributed by atoms with van der Waals surface area (Å²) in [5, 5.41) is 3.69. The molecule has 0 fully saturated rings. The van der Waals surface area contributed by atoms with Gasteiger partial charge in [-0.1, -0.05) is 0 Å². The largest absolute Gasteiger partial charge is 0.180 e. The van der Waals surface area contributed by atoms with Crippen molar-refractivity contribution in [3.8, 4) is 0 Å². The van der Waals surface area contributed by atoms with Crippen LogP contribution in [-0.4, -0.2) is 9.30 Å². The van der Waals surface area contributed by atoms with Gasteiger partial charge >= 0.3 is 0 Å².